The molecule has 96 valence electrons. The predicted molar refractivity (Wildman–Crippen MR) is 72.1 cm³/mol. The van der Waals surface area contributed by atoms with Gasteiger partial charge in [0.05, 0.1) is 5.60 Å². The maximum Gasteiger partial charge on any atom is 0.0796 e. The first-order valence-corrected chi connectivity index (χ1v) is 7.43. The molecule has 0 aromatic rings. The van der Waals surface area contributed by atoms with Crippen LogP contribution in [0.15, 0.2) is 0 Å². The van der Waals surface area contributed by atoms with Gasteiger partial charge in [0.15, 0.2) is 0 Å². The Kier molecular flexibility index (Phi) is 6.11. The van der Waals surface area contributed by atoms with Gasteiger partial charge in [0, 0.05) is 31.4 Å². The van der Waals surface area contributed by atoms with Crippen molar-refractivity contribution in [3.8, 4) is 0 Å². The van der Waals surface area contributed by atoms with E-state index in [9.17, 15) is 5.11 Å². The first kappa shape index (κ1) is 14.3. The second kappa shape index (κ2) is 6.84. The van der Waals surface area contributed by atoms with Crippen LogP contribution in [-0.4, -0.2) is 59.8 Å². The zero-order chi connectivity index (χ0) is 12.0. The fraction of sp³-hybridized carbons (Fsp3) is 1.00. The summed E-state index contributed by atoms with van der Waals surface area (Å²) >= 11 is 1.95. The molecule has 0 aromatic carbocycles. The van der Waals surface area contributed by atoms with E-state index in [2.05, 4.69) is 31.1 Å². The third-order valence-electron chi connectivity index (χ3n) is 3.27. The van der Waals surface area contributed by atoms with Crippen molar-refractivity contribution in [2.45, 2.75) is 38.3 Å². The second-order valence-electron chi connectivity index (χ2n) is 4.97. The van der Waals surface area contributed by atoms with Crippen molar-refractivity contribution < 1.29 is 5.11 Å². The highest BCUT2D eigenvalue weighted by Gasteiger charge is 2.30. The largest absolute Gasteiger partial charge is 0.388 e. The molecule has 0 unspecified atom stereocenters. The van der Waals surface area contributed by atoms with Gasteiger partial charge in [-0.15, -0.1) is 0 Å². The van der Waals surface area contributed by atoms with Crippen LogP contribution >= 0.6 is 11.8 Å². The third-order valence-corrected chi connectivity index (χ3v) is 4.41. The van der Waals surface area contributed by atoms with E-state index in [4.69, 9.17) is 0 Å². The number of aliphatic hydroxyl groups is 1. The van der Waals surface area contributed by atoms with Gasteiger partial charge in [0.1, 0.15) is 0 Å². The topological polar surface area (TPSA) is 35.5 Å². The summed E-state index contributed by atoms with van der Waals surface area (Å²) in [5.74, 6) is 2.30. The van der Waals surface area contributed by atoms with E-state index in [0.29, 0.717) is 6.04 Å². The monoisotopic (exact) mass is 246 g/mol. The van der Waals surface area contributed by atoms with Crippen LogP contribution in [0.1, 0.15) is 26.7 Å². The van der Waals surface area contributed by atoms with Crippen LogP contribution in [0, 0.1) is 0 Å². The average Bonchev–Trinajstić information content (AvgIpc) is 2.28. The van der Waals surface area contributed by atoms with Gasteiger partial charge in [-0.25, -0.2) is 0 Å². The van der Waals surface area contributed by atoms with E-state index in [1.165, 1.54) is 5.75 Å². The van der Waals surface area contributed by atoms with E-state index >= 15 is 0 Å². The molecule has 0 bridgehead atoms. The Balaban J connectivity index is 2.20. The molecule has 1 aliphatic heterocycles. The molecule has 3 nitrogen and oxygen atoms in total. The van der Waals surface area contributed by atoms with Gasteiger partial charge < -0.3 is 15.3 Å². The molecule has 0 spiro atoms. The zero-order valence-electron chi connectivity index (χ0n) is 10.8. The van der Waals surface area contributed by atoms with Crippen molar-refractivity contribution in [1.29, 1.82) is 0 Å². The van der Waals surface area contributed by atoms with Crippen molar-refractivity contribution in [2.24, 2.45) is 0 Å². The fourth-order valence-electron chi connectivity index (χ4n) is 1.93. The van der Waals surface area contributed by atoms with Gasteiger partial charge in [-0.05, 0) is 32.6 Å². The van der Waals surface area contributed by atoms with Crippen molar-refractivity contribution in [1.82, 2.24) is 10.2 Å². The van der Waals surface area contributed by atoms with Crippen molar-refractivity contribution >= 4 is 11.8 Å². The van der Waals surface area contributed by atoms with Crippen molar-refractivity contribution in [3.05, 3.63) is 0 Å². The van der Waals surface area contributed by atoms with Crippen LogP contribution < -0.4 is 5.32 Å². The smallest absolute Gasteiger partial charge is 0.0796 e. The average molecular weight is 246 g/mol. The minimum atomic E-state index is -0.475. The highest BCUT2D eigenvalue weighted by Crippen LogP contribution is 2.20. The highest BCUT2D eigenvalue weighted by molar-refractivity contribution is 7.99. The summed E-state index contributed by atoms with van der Waals surface area (Å²) < 4.78 is 0. The number of rotatable bonds is 6. The van der Waals surface area contributed by atoms with Gasteiger partial charge in [-0.1, -0.05) is 6.92 Å². The fourth-order valence-corrected chi connectivity index (χ4v) is 2.64. The van der Waals surface area contributed by atoms with E-state index in [1.807, 2.05) is 11.8 Å². The van der Waals surface area contributed by atoms with Gasteiger partial charge in [0.25, 0.3) is 0 Å². The molecule has 1 aliphatic rings. The Morgan fingerprint density at radius 3 is 2.62 bits per heavy atom. The summed E-state index contributed by atoms with van der Waals surface area (Å²) in [6.45, 7) is 7.14. The third kappa shape index (κ3) is 5.04. The molecule has 4 heteroatoms. The predicted octanol–water partition coefficient (Wildman–Crippen LogP) is 1.17. The maximum atomic E-state index is 10.4. The van der Waals surface area contributed by atoms with E-state index in [1.54, 1.807) is 0 Å². The number of nitrogens with zero attached hydrogens (tertiary/aromatic N) is 1. The molecule has 2 N–H and O–H groups in total. The Labute approximate surface area is 104 Å². The number of nitrogens with one attached hydrogen (secondary N) is 1. The lowest BCUT2D eigenvalue weighted by Gasteiger charge is -2.37. The molecule has 1 saturated heterocycles. The quantitative estimate of drug-likeness (QED) is 0.737. The molecular formula is C12H26N2OS. The molecule has 0 aromatic heterocycles. The SMILES string of the molecule is CCSC[C@@H](C)NCC1(O)CCN(C)CC1. The van der Waals surface area contributed by atoms with Gasteiger partial charge in [-0.3, -0.25) is 0 Å². The Hall–Kier alpha value is 0.230. The number of piperidine rings is 1. The van der Waals surface area contributed by atoms with Crippen LogP contribution in [0.4, 0.5) is 0 Å². The molecule has 0 saturated carbocycles. The molecule has 0 aliphatic carbocycles. The summed E-state index contributed by atoms with van der Waals surface area (Å²) in [6.07, 6.45) is 1.79. The Bertz CT molecular complexity index is 193. The number of thioether (sulfide) groups is 1. The van der Waals surface area contributed by atoms with E-state index in [-0.39, 0.29) is 0 Å². The van der Waals surface area contributed by atoms with Gasteiger partial charge in [-0.2, -0.15) is 11.8 Å². The minimum absolute atomic E-state index is 0.475. The lowest BCUT2D eigenvalue weighted by atomic mass is 9.91. The number of likely N-dealkylation sites (tertiary alicyclic amines) is 1. The maximum absolute atomic E-state index is 10.4. The second-order valence-corrected chi connectivity index (χ2v) is 6.29. The Morgan fingerprint density at radius 2 is 2.06 bits per heavy atom. The molecule has 0 amide bonds. The van der Waals surface area contributed by atoms with Gasteiger partial charge >= 0.3 is 0 Å². The van der Waals surface area contributed by atoms with Crippen LogP contribution in [0.5, 0.6) is 0 Å². The first-order valence-electron chi connectivity index (χ1n) is 6.28. The minimum Gasteiger partial charge on any atom is -0.388 e. The molecular weight excluding hydrogens is 220 g/mol. The van der Waals surface area contributed by atoms with Crippen LogP contribution in [0.2, 0.25) is 0 Å². The van der Waals surface area contributed by atoms with E-state index < -0.39 is 5.60 Å². The summed E-state index contributed by atoms with van der Waals surface area (Å²) in [5, 5.41) is 13.8. The first-order chi connectivity index (χ1) is 7.56. The molecule has 1 fully saturated rings. The Morgan fingerprint density at radius 1 is 1.44 bits per heavy atom. The summed E-state index contributed by atoms with van der Waals surface area (Å²) in [5.41, 5.74) is -0.475. The van der Waals surface area contributed by atoms with E-state index in [0.717, 1.165) is 38.2 Å². The number of hydrogen-bond acceptors (Lipinski definition) is 4. The highest BCUT2D eigenvalue weighted by atomic mass is 32.2. The van der Waals surface area contributed by atoms with Gasteiger partial charge in [0.2, 0.25) is 0 Å². The standard InChI is InChI=1S/C12H26N2OS/c1-4-16-9-11(2)13-10-12(15)5-7-14(3)8-6-12/h11,13,15H,4-10H2,1-3H3/t11-/m1/s1. The van der Waals surface area contributed by atoms with Crippen LogP contribution in [0.25, 0.3) is 0 Å². The molecule has 0 radical (unpaired) electrons. The normalized spacial score (nSPS) is 23.2. The molecule has 1 atom stereocenters. The zero-order valence-corrected chi connectivity index (χ0v) is 11.6. The summed E-state index contributed by atoms with van der Waals surface area (Å²) in [4.78, 5) is 2.28. The van der Waals surface area contributed by atoms with Crippen LogP contribution in [-0.2, 0) is 0 Å². The lowest BCUT2D eigenvalue weighted by Crippen LogP contribution is -2.50. The van der Waals surface area contributed by atoms with Crippen LogP contribution in [0.3, 0.4) is 0 Å². The van der Waals surface area contributed by atoms with Crippen molar-refractivity contribution in [2.75, 3.05) is 38.2 Å². The summed E-state index contributed by atoms with van der Waals surface area (Å²) in [7, 11) is 2.12. The molecule has 1 heterocycles. The summed E-state index contributed by atoms with van der Waals surface area (Å²) in [6, 6.07) is 0.494. The lowest BCUT2D eigenvalue weighted by molar-refractivity contribution is -0.0154. The molecule has 16 heavy (non-hydrogen) atoms. The molecule has 1 rings (SSSR count). The van der Waals surface area contributed by atoms with Crippen molar-refractivity contribution in [3.63, 3.8) is 0 Å². The number of hydrogen-bond donors (Lipinski definition) is 2.